The first-order valence-electron chi connectivity index (χ1n) is 7.27. The molecule has 0 amide bonds. The van der Waals surface area contributed by atoms with Gasteiger partial charge < -0.3 is 10.2 Å². The first-order valence-corrected chi connectivity index (χ1v) is 7.65. The maximum absolute atomic E-state index is 5.99. The average Bonchev–Trinajstić information content (AvgIpc) is 2.40. The summed E-state index contributed by atoms with van der Waals surface area (Å²) in [5, 5.41) is 4.49. The highest BCUT2D eigenvalue weighted by Crippen LogP contribution is 2.26. The van der Waals surface area contributed by atoms with Crippen LogP contribution in [0.1, 0.15) is 25.7 Å². The van der Waals surface area contributed by atoms with Crippen molar-refractivity contribution >= 4 is 17.3 Å². The van der Waals surface area contributed by atoms with Gasteiger partial charge in [0, 0.05) is 29.8 Å². The number of fused-ring (bicyclic) bond motifs is 1. The summed E-state index contributed by atoms with van der Waals surface area (Å²) >= 11 is 5.99. The van der Waals surface area contributed by atoms with Crippen molar-refractivity contribution in [1.82, 2.24) is 5.32 Å². The van der Waals surface area contributed by atoms with Crippen molar-refractivity contribution in [2.24, 2.45) is 0 Å². The number of nitrogens with one attached hydrogen (secondary N) is 1. The molecular formula is C16H21ClN2. The SMILES string of the molecule is Clc1ccc(N2CCN[C@H]3CCCC/C=C/[C@@H]32)cc1. The van der Waals surface area contributed by atoms with Crippen molar-refractivity contribution < 1.29 is 0 Å². The lowest BCUT2D eigenvalue weighted by molar-refractivity contribution is 0.370. The van der Waals surface area contributed by atoms with Crippen LogP contribution < -0.4 is 10.2 Å². The Hall–Kier alpha value is -0.990. The number of benzene rings is 1. The summed E-state index contributed by atoms with van der Waals surface area (Å²) in [5.41, 5.74) is 1.28. The van der Waals surface area contributed by atoms with Crippen molar-refractivity contribution in [3.8, 4) is 0 Å². The van der Waals surface area contributed by atoms with Crippen LogP contribution in [0.5, 0.6) is 0 Å². The summed E-state index contributed by atoms with van der Waals surface area (Å²) in [5.74, 6) is 0. The van der Waals surface area contributed by atoms with Crippen molar-refractivity contribution in [3.05, 3.63) is 41.4 Å². The summed E-state index contributed by atoms with van der Waals surface area (Å²) in [6.45, 7) is 2.13. The highest BCUT2D eigenvalue weighted by Gasteiger charge is 2.29. The van der Waals surface area contributed by atoms with E-state index in [0.717, 1.165) is 18.1 Å². The van der Waals surface area contributed by atoms with E-state index in [0.29, 0.717) is 12.1 Å². The third-order valence-electron chi connectivity index (χ3n) is 4.16. The largest absolute Gasteiger partial charge is 0.362 e. The summed E-state index contributed by atoms with van der Waals surface area (Å²) in [6, 6.07) is 9.31. The minimum Gasteiger partial charge on any atom is -0.362 e. The highest BCUT2D eigenvalue weighted by molar-refractivity contribution is 6.30. The molecule has 3 heteroatoms. The fourth-order valence-electron chi connectivity index (χ4n) is 3.16. The quantitative estimate of drug-likeness (QED) is 0.788. The van der Waals surface area contributed by atoms with Gasteiger partial charge in [-0.05, 0) is 43.5 Å². The Morgan fingerprint density at radius 2 is 2.00 bits per heavy atom. The normalized spacial score (nSPS) is 29.2. The van der Waals surface area contributed by atoms with Gasteiger partial charge in [0.15, 0.2) is 0 Å². The third-order valence-corrected chi connectivity index (χ3v) is 4.41. The Labute approximate surface area is 120 Å². The first kappa shape index (κ1) is 13.0. The van der Waals surface area contributed by atoms with Gasteiger partial charge >= 0.3 is 0 Å². The Morgan fingerprint density at radius 1 is 1.16 bits per heavy atom. The number of rotatable bonds is 1. The number of hydrogen-bond donors (Lipinski definition) is 1. The zero-order chi connectivity index (χ0) is 13.1. The van der Waals surface area contributed by atoms with E-state index in [2.05, 4.69) is 34.5 Å². The fourth-order valence-corrected chi connectivity index (χ4v) is 3.29. The number of nitrogens with zero attached hydrogens (tertiary/aromatic N) is 1. The van der Waals surface area contributed by atoms with Gasteiger partial charge in [-0.25, -0.2) is 0 Å². The molecule has 1 heterocycles. The minimum absolute atomic E-state index is 0.482. The molecule has 0 aromatic heterocycles. The summed E-state index contributed by atoms with van der Waals surface area (Å²) < 4.78 is 0. The third kappa shape index (κ3) is 2.96. The monoisotopic (exact) mass is 276 g/mol. The topological polar surface area (TPSA) is 15.3 Å². The van der Waals surface area contributed by atoms with E-state index >= 15 is 0 Å². The highest BCUT2D eigenvalue weighted by atomic mass is 35.5. The maximum Gasteiger partial charge on any atom is 0.0626 e. The van der Waals surface area contributed by atoms with Crippen molar-refractivity contribution in [1.29, 1.82) is 0 Å². The van der Waals surface area contributed by atoms with E-state index in [-0.39, 0.29) is 0 Å². The molecule has 1 N–H and O–H groups in total. The zero-order valence-corrected chi connectivity index (χ0v) is 11.9. The van der Waals surface area contributed by atoms with Crippen LogP contribution in [0.4, 0.5) is 5.69 Å². The molecule has 2 aliphatic rings. The maximum atomic E-state index is 5.99. The molecule has 0 spiro atoms. The Balaban J connectivity index is 1.86. The number of halogens is 1. The van der Waals surface area contributed by atoms with E-state index in [1.165, 1.54) is 31.4 Å². The lowest BCUT2D eigenvalue weighted by Gasteiger charge is -2.42. The molecule has 102 valence electrons. The second-order valence-electron chi connectivity index (χ2n) is 5.43. The van der Waals surface area contributed by atoms with E-state index in [1.54, 1.807) is 0 Å². The lowest BCUT2D eigenvalue weighted by Crippen LogP contribution is -2.57. The molecule has 19 heavy (non-hydrogen) atoms. The smallest absolute Gasteiger partial charge is 0.0626 e. The minimum atomic E-state index is 0.482. The molecule has 2 atom stereocenters. The number of hydrogen-bond acceptors (Lipinski definition) is 2. The van der Waals surface area contributed by atoms with Crippen molar-refractivity contribution in [2.75, 3.05) is 18.0 Å². The molecular weight excluding hydrogens is 256 g/mol. The van der Waals surface area contributed by atoms with Gasteiger partial charge in [-0.2, -0.15) is 0 Å². The molecule has 1 aliphatic heterocycles. The molecule has 1 fully saturated rings. The van der Waals surface area contributed by atoms with Gasteiger partial charge in [-0.1, -0.05) is 30.2 Å². The van der Waals surface area contributed by atoms with Crippen LogP contribution in [0.15, 0.2) is 36.4 Å². The van der Waals surface area contributed by atoms with Gasteiger partial charge in [0.1, 0.15) is 0 Å². The first-order chi connectivity index (χ1) is 9.34. The lowest BCUT2D eigenvalue weighted by atomic mass is 9.93. The van der Waals surface area contributed by atoms with Gasteiger partial charge in [0.2, 0.25) is 0 Å². The predicted molar refractivity (Wildman–Crippen MR) is 82.0 cm³/mol. The van der Waals surface area contributed by atoms with E-state index in [4.69, 9.17) is 11.6 Å². The van der Waals surface area contributed by atoms with Gasteiger partial charge in [0.05, 0.1) is 6.04 Å². The second-order valence-corrected chi connectivity index (χ2v) is 5.87. The van der Waals surface area contributed by atoms with Crippen LogP contribution in [0.3, 0.4) is 0 Å². The number of anilines is 1. The van der Waals surface area contributed by atoms with Gasteiger partial charge in [-0.3, -0.25) is 0 Å². The molecule has 3 rings (SSSR count). The molecule has 1 aliphatic carbocycles. The molecule has 0 unspecified atom stereocenters. The molecule has 1 aromatic carbocycles. The van der Waals surface area contributed by atoms with Gasteiger partial charge in [-0.15, -0.1) is 0 Å². The molecule has 0 radical (unpaired) electrons. The van der Waals surface area contributed by atoms with Crippen molar-refractivity contribution in [2.45, 2.75) is 37.8 Å². The molecule has 0 saturated carbocycles. The Bertz CT molecular complexity index is 441. The zero-order valence-electron chi connectivity index (χ0n) is 11.2. The van der Waals surface area contributed by atoms with Crippen molar-refractivity contribution in [3.63, 3.8) is 0 Å². The van der Waals surface area contributed by atoms with E-state index in [9.17, 15) is 0 Å². The van der Waals surface area contributed by atoms with E-state index < -0.39 is 0 Å². The molecule has 2 nitrogen and oxygen atoms in total. The van der Waals surface area contributed by atoms with Crippen LogP contribution in [-0.4, -0.2) is 25.2 Å². The number of piperazine rings is 1. The summed E-state index contributed by atoms with van der Waals surface area (Å²) in [4.78, 5) is 2.51. The van der Waals surface area contributed by atoms with Crippen LogP contribution in [0.25, 0.3) is 0 Å². The molecule has 0 bridgehead atoms. The van der Waals surface area contributed by atoms with Crippen LogP contribution in [-0.2, 0) is 0 Å². The average molecular weight is 277 g/mol. The summed E-state index contributed by atoms with van der Waals surface area (Å²) in [6.07, 6.45) is 9.89. The van der Waals surface area contributed by atoms with Crippen LogP contribution in [0, 0.1) is 0 Å². The van der Waals surface area contributed by atoms with Crippen LogP contribution >= 0.6 is 11.6 Å². The Morgan fingerprint density at radius 3 is 2.84 bits per heavy atom. The predicted octanol–water partition coefficient (Wildman–Crippen LogP) is 3.62. The van der Waals surface area contributed by atoms with E-state index in [1.807, 2.05) is 12.1 Å². The standard InChI is InChI=1S/C16H21ClN2/c17-13-7-9-14(10-8-13)19-12-11-18-15-5-3-1-2-4-6-16(15)19/h4,6-10,15-16,18H,1-3,5,11-12H2/b6-4+/t15-,16-/m0/s1. The molecule has 1 aromatic rings. The Kier molecular flexibility index (Phi) is 4.09. The van der Waals surface area contributed by atoms with Crippen LogP contribution in [0.2, 0.25) is 5.02 Å². The number of allylic oxidation sites excluding steroid dienone is 1. The molecule has 1 saturated heterocycles. The fraction of sp³-hybridized carbons (Fsp3) is 0.500. The van der Waals surface area contributed by atoms with Gasteiger partial charge in [0.25, 0.3) is 0 Å². The summed E-state index contributed by atoms with van der Waals surface area (Å²) in [7, 11) is 0. The second kappa shape index (κ2) is 5.98.